The van der Waals surface area contributed by atoms with Crippen molar-refractivity contribution in [2.45, 2.75) is 44.3 Å². The molecule has 0 spiro atoms. The topological polar surface area (TPSA) is 82.6 Å². The highest BCUT2D eigenvalue weighted by Gasteiger charge is 2.42. The maximum absolute atomic E-state index is 13.4. The highest BCUT2D eigenvalue weighted by Crippen LogP contribution is 2.26. The molecule has 1 aromatic heterocycles. The van der Waals surface area contributed by atoms with Gasteiger partial charge in [-0.05, 0) is 62.1 Å². The van der Waals surface area contributed by atoms with E-state index in [2.05, 4.69) is 10.3 Å². The molecule has 0 saturated carbocycles. The van der Waals surface area contributed by atoms with Gasteiger partial charge in [0.2, 0.25) is 11.8 Å². The molecule has 1 aromatic carbocycles. The first kappa shape index (κ1) is 21.3. The van der Waals surface area contributed by atoms with E-state index in [4.69, 9.17) is 11.6 Å². The van der Waals surface area contributed by atoms with Crippen LogP contribution in [0.5, 0.6) is 0 Å². The maximum atomic E-state index is 13.4. The van der Waals surface area contributed by atoms with Crippen LogP contribution in [0.3, 0.4) is 0 Å². The van der Waals surface area contributed by atoms with Gasteiger partial charge in [-0.1, -0.05) is 17.7 Å². The van der Waals surface area contributed by atoms with Gasteiger partial charge in [-0.2, -0.15) is 0 Å². The molecule has 0 radical (unpaired) electrons. The highest BCUT2D eigenvalue weighted by atomic mass is 35.5. The maximum Gasteiger partial charge on any atom is 0.254 e. The summed E-state index contributed by atoms with van der Waals surface area (Å²) in [6.45, 7) is 1.38. The Kier molecular flexibility index (Phi) is 6.51. The molecule has 8 heteroatoms. The van der Waals surface area contributed by atoms with Crippen LogP contribution < -0.4 is 5.32 Å². The van der Waals surface area contributed by atoms with Crippen molar-refractivity contribution < 1.29 is 14.4 Å². The van der Waals surface area contributed by atoms with Gasteiger partial charge in [0.25, 0.3) is 5.91 Å². The molecule has 31 heavy (non-hydrogen) atoms. The number of benzene rings is 1. The van der Waals surface area contributed by atoms with E-state index in [-0.39, 0.29) is 17.7 Å². The first-order valence-electron chi connectivity index (χ1n) is 10.6. The Balaban J connectivity index is 1.42. The summed E-state index contributed by atoms with van der Waals surface area (Å²) in [6, 6.07) is 11.2. The van der Waals surface area contributed by atoms with E-state index in [1.54, 1.807) is 40.3 Å². The van der Waals surface area contributed by atoms with E-state index in [0.717, 1.165) is 18.5 Å². The molecule has 2 atom stereocenters. The molecular formula is C23H25ClN4O3. The molecule has 2 aromatic rings. The standard InChI is InChI=1S/C23H25ClN4O3/c24-17-10-8-16(9-11-17)22(30)28-14-4-7-20(28)23(31)27-13-3-6-19(27)21(29)26-15-18-5-1-2-12-25-18/h1-2,5,8-12,19-20H,3-4,6-7,13-15H2,(H,26,29)/t19-,20-/m0/s1. The van der Waals surface area contributed by atoms with Gasteiger partial charge in [0.15, 0.2) is 0 Å². The number of carbonyl (C=O) groups excluding carboxylic acids is 3. The summed E-state index contributed by atoms with van der Waals surface area (Å²) < 4.78 is 0. The summed E-state index contributed by atoms with van der Waals surface area (Å²) in [5.41, 5.74) is 1.28. The number of amides is 3. The predicted octanol–water partition coefficient (Wildman–Crippen LogP) is 2.65. The third-order valence-electron chi connectivity index (χ3n) is 5.90. The van der Waals surface area contributed by atoms with Gasteiger partial charge in [0.05, 0.1) is 12.2 Å². The first-order valence-corrected chi connectivity index (χ1v) is 11.0. The molecule has 0 aliphatic carbocycles. The predicted molar refractivity (Wildman–Crippen MR) is 116 cm³/mol. The molecule has 2 aliphatic rings. The summed E-state index contributed by atoms with van der Waals surface area (Å²) in [5.74, 6) is -0.497. The number of hydrogen-bond acceptors (Lipinski definition) is 4. The summed E-state index contributed by atoms with van der Waals surface area (Å²) >= 11 is 5.92. The zero-order valence-electron chi connectivity index (χ0n) is 17.2. The number of carbonyl (C=O) groups is 3. The number of likely N-dealkylation sites (tertiary alicyclic amines) is 2. The lowest BCUT2D eigenvalue weighted by atomic mass is 10.1. The Morgan fingerprint density at radius 1 is 0.968 bits per heavy atom. The van der Waals surface area contributed by atoms with Crippen molar-refractivity contribution in [1.82, 2.24) is 20.1 Å². The SMILES string of the molecule is O=C(NCc1ccccn1)[C@@H]1CCCN1C(=O)[C@@H]1CCCN1C(=O)c1ccc(Cl)cc1. The van der Waals surface area contributed by atoms with Crippen LogP contribution in [0.25, 0.3) is 0 Å². The van der Waals surface area contributed by atoms with E-state index in [1.165, 1.54) is 0 Å². The molecule has 0 unspecified atom stereocenters. The van der Waals surface area contributed by atoms with Crippen LogP contribution in [0.2, 0.25) is 5.02 Å². The van der Waals surface area contributed by atoms with E-state index in [1.807, 2.05) is 18.2 Å². The lowest BCUT2D eigenvalue weighted by Gasteiger charge is -2.31. The molecule has 1 N–H and O–H groups in total. The Morgan fingerprint density at radius 3 is 2.39 bits per heavy atom. The fraction of sp³-hybridized carbons (Fsp3) is 0.391. The second-order valence-electron chi connectivity index (χ2n) is 7.89. The Bertz CT molecular complexity index is 951. The molecule has 7 nitrogen and oxygen atoms in total. The average molecular weight is 441 g/mol. The fourth-order valence-corrected chi connectivity index (χ4v) is 4.44. The number of halogens is 1. The van der Waals surface area contributed by atoms with Gasteiger partial charge in [-0.3, -0.25) is 19.4 Å². The molecule has 2 aliphatic heterocycles. The van der Waals surface area contributed by atoms with Gasteiger partial charge in [-0.25, -0.2) is 0 Å². The Hall–Kier alpha value is -2.93. The van der Waals surface area contributed by atoms with E-state index in [0.29, 0.717) is 43.1 Å². The molecular weight excluding hydrogens is 416 g/mol. The van der Waals surface area contributed by atoms with Crippen molar-refractivity contribution in [3.8, 4) is 0 Å². The lowest BCUT2D eigenvalue weighted by molar-refractivity contribution is -0.141. The quantitative estimate of drug-likeness (QED) is 0.774. The second kappa shape index (κ2) is 9.47. The van der Waals surface area contributed by atoms with E-state index in [9.17, 15) is 14.4 Å². The van der Waals surface area contributed by atoms with Crippen molar-refractivity contribution in [1.29, 1.82) is 0 Å². The minimum Gasteiger partial charge on any atom is -0.349 e. The van der Waals surface area contributed by atoms with Crippen LogP contribution >= 0.6 is 11.6 Å². The van der Waals surface area contributed by atoms with Crippen LogP contribution in [-0.2, 0) is 16.1 Å². The van der Waals surface area contributed by atoms with Crippen LogP contribution in [0.15, 0.2) is 48.7 Å². The van der Waals surface area contributed by atoms with E-state index >= 15 is 0 Å². The number of hydrogen-bond donors (Lipinski definition) is 1. The third-order valence-corrected chi connectivity index (χ3v) is 6.15. The number of aromatic nitrogens is 1. The number of nitrogens with zero attached hydrogens (tertiary/aromatic N) is 3. The molecule has 2 saturated heterocycles. The summed E-state index contributed by atoms with van der Waals surface area (Å²) in [6.07, 6.45) is 4.44. The highest BCUT2D eigenvalue weighted by molar-refractivity contribution is 6.30. The first-order chi connectivity index (χ1) is 15.0. The number of nitrogens with one attached hydrogen (secondary N) is 1. The summed E-state index contributed by atoms with van der Waals surface area (Å²) in [5, 5.41) is 3.45. The lowest BCUT2D eigenvalue weighted by Crippen LogP contribution is -2.52. The third kappa shape index (κ3) is 4.71. The van der Waals surface area contributed by atoms with Crippen molar-refractivity contribution in [2.24, 2.45) is 0 Å². The van der Waals surface area contributed by atoms with Crippen LogP contribution in [0.1, 0.15) is 41.7 Å². The van der Waals surface area contributed by atoms with Crippen molar-refractivity contribution in [3.05, 3.63) is 64.9 Å². The molecule has 3 amide bonds. The Morgan fingerprint density at radius 2 is 1.68 bits per heavy atom. The van der Waals surface area contributed by atoms with Crippen LogP contribution in [0, 0.1) is 0 Å². The normalized spacial score (nSPS) is 20.7. The summed E-state index contributed by atoms with van der Waals surface area (Å²) in [4.78, 5) is 46.6. The zero-order valence-corrected chi connectivity index (χ0v) is 17.9. The van der Waals surface area contributed by atoms with Crippen molar-refractivity contribution in [2.75, 3.05) is 13.1 Å². The second-order valence-corrected chi connectivity index (χ2v) is 8.33. The van der Waals surface area contributed by atoms with Crippen molar-refractivity contribution in [3.63, 3.8) is 0 Å². The van der Waals surface area contributed by atoms with Gasteiger partial charge >= 0.3 is 0 Å². The van der Waals surface area contributed by atoms with E-state index < -0.39 is 12.1 Å². The number of rotatable bonds is 5. The van der Waals surface area contributed by atoms with Gasteiger partial charge in [0.1, 0.15) is 12.1 Å². The monoisotopic (exact) mass is 440 g/mol. The number of pyridine rings is 1. The smallest absolute Gasteiger partial charge is 0.254 e. The molecule has 162 valence electrons. The minimum atomic E-state index is -0.535. The summed E-state index contributed by atoms with van der Waals surface area (Å²) in [7, 11) is 0. The average Bonchev–Trinajstić information content (AvgIpc) is 3.48. The largest absolute Gasteiger partial charge is 0.349 e. The van der Waals surface area contributed by atoms with Gasteiger partial charge in [-0.15, -0.1) is 0 Å². The molecule has 0 bridgehead atoms. The van der Waals surface area contributed by atoms with Gasteiger partial charge < -0.3 is 15.1 Å². The zero-order chi connectivity index (χ0) is 21.8. The molecule has 4 rings (SSSR count). The van der Waals surface area contributed by atoms with Gasteiger partial charge in [0, 0.05) is 29.9 Å². The van der Waals surface area contributed by atoms with Crippen LogP contribution in [-0.4, -0.2) is 57.7 Å². The van der Waals surface area contributed by atoms with Crippen LogP contribution in [0.4, 0.5) is 0 Å². The molecule has 2 fully saturated rings. The Labute approximate surface area is 186 Å². The molecule has 3 heterocycles. The minimum absolute atomic E-state index is 0.143. The fourth-order valence-electron chi connectivity index (χ4n) is 4.32. The van der Waals surface area contributed by atoms with Crippen molar-refractivity contribution >= 4 is 29.3 Å².